The molecule has 0 aliphatic heterocycles. The number of rotatable bonds is 9. The minimum absolute atomic E-state index is 0.0882. The van der Waals surface area contributed by atoms with E-state index >= 15 is 0 Å². The van der Waals surface area contributed by atoms with Crippen molar-refractivity contribution in [1.29, 1.82) is 0 Å². The third-order valence-electron chi connectivity index (χ3n) is 2.21. The second-order valence-corrected chi connectivity index (χ2v) is 3.58. The van der Waals surface area contributed by atoms with Gasteiger partial charge in [-0.05, 0) is 18.5 Å². The third kappa shape index (κ3) is 6.21. The number of hydrogen-bond acceptors (Lipinski definition) is 5. The second-order valence-electron chi connectivity index (χ2n) is 3.58. The Labute approximate surface area is 102 Å². The molecule has 0 unspecified atom stereocenters. The van der Waals surface area contributed by atoms with Crippen LogP contribution in [-0.2, 0) is 11.3 Å². The van der Waals surface area contributed by atoms with Gasteiger partial charge in [-0.25, -0.2) is 4.98 Å². The highest BCUT2D eigenvalue weighted by molar-refractivity contribution is 5.17. The Bertz CT molecular complexity index is 290. The molecular weight excluding hydrogens is 220 g/mol. The number of nitrogens with one attached hydrogen (secondary N) is 1. The SMILES string of the molecule is COc1ccc(CNCCCOCCO)cn1. The molecule has 0 saturated carbocycles. The van der Waals surface area contributed by atoms with Crippen molar-refractivity contribution in [2.45, 2.75) is 13.0 Å². The van der Waals surface area contributed by atoms with E-state index in [0.29, 0.717) is 19.1 Å². The van der Waals surface area contributed by atoms with Crippen LogP contribution in [0, 0.1) is 0 Å². The lowest BCUT2D eigenvalue weighted by molar-refractivity contribution is 0.0907. The highest BCUT2D eigenvalue weighted by atomic mass is 16.5. The summed E-state index contributed by atoms with van der Waals surface area (Å²) in [5.74, 6) is 0.631. The van der Waals surface area contributed by atoms with E-state index < -0.39 is 0 Å². The van der Waals surface area contributed by atoms with Gasteiger partial charge in [0, 0.05) is 25.4 Å². The first-order valence-corrected chi connectivity index (χ1v) is 5.75. The van der Waals surface area contributed by atoms with Crippen molar-refractivity contribution in [2.75, 3.05) is 33.5 Å². The number of hydrogen-bond donors (Lipinski definition) is 2. The lowest BCUT2D eigenvalue weighted by Crippen LogP contribution is -2.16. The van der Waals surface area contributed by atoms with E-state index in [1.807, 2.05) is 12.1 Å². The highest BCUT2D eigenvalue weighted by Gasteiger charge is 1.95. The maximum absolute atomic E-state index is 8.50. The molecule has 96 valence electrons. The van der Waals surface area contributed by atoms with Crippen molar-refractivity contribution < 1.29 is 14.6 Å². The van der Waals surface area contributed by atoms with Gasteiger partial charge in [-0.15, -0.1) is 0 Å². The van der Waals surface area contributed by atoms with Crippen LogP contribution >= 0.6 is 0 Å². The number of ether oxygens (including phenoxy) is 2. The highest BCUT2D eigenvalue weighted by Crippen LogP contribution is 2.05. The lowest BCUT2D eigenvalue weighted by atomic mass is 10.3. The molecule has 0 aromatic carbocycles. The van der Waals surface area contributed by atoms with Crippen LogP contribution in [0.25, 0.3) is 0 Å². The maximum atomic E-state index is 8.50. The normalized spacial score (nSPS) is 10.5. The molecule has 0 aliphatic rings. The van der Waals surface area contributed by atoms with Crippen molar-refractivity contribution in [3.63, 3.8) is 0 Å². The van der Waals surface area contributed by atoms with Crippen LogP contribution in [0.2, 0.25) is 0 Å². The molecule has 17 heavy (non-hydrogen) atoms. The van der Waals surface area contributed by atoms with Gasteiger partial charge in [-0.3, -0.25) is 0 Å². The molecule has 1 heterocycles. The molecule has 0 amide bonds. The first-order chi connectivity index (χ1) is 8.36. The fraction of sp³-hybridized carbons (Fsp3) is 0.583. The summed E-state index contributed by atoms with van der Waals surface area (Å²) in [6.07, 6.45) is 2.73. The van der Waals surface area contributed by atoms with Crippen molar-refractivity contribution in [3.05, 3.63) is 23.9 Å². The monoisotopic (exact) mass is 240 g/mol. The Hall–Kier alpha value is -1.17. The molecule has 5 heteroatoms. The molecule has 0 radical (unpaired) electrons. The molecule has 0 atom stereocenters. The summed E-state index contributed by atoms with van der Waals surface area (Å²) in [6, 6.07) is 3.84. The predicted octanol–water partition coefficient (Wildman–Crippen LogP) is 0.579. The van der Waals surface area contributed by atoms with Gasteiger partial charge in [0.2, 0.25) is 5.88 Å². The van der Waals surface area contributed by atoms with Crippen molar-refractivity contribution in [1.82, 2.24) is 10.3 Å². The lowest BCUT2D eigenvalue weighted by Gasteiger charge is -2.05. The Kier molecular flexibility index (Phi) is 7.29. The summed E-state index contributed by atoms with van der Waals surface area (Å²) < 4.78 is 10.1. The van der Waals surface area contributed by atoms with Gasteiger partial charge in [-0.1, -0.05) is 6.07 Å². The van der Waals surface area contributed by atoms with E-state index in [2.05, 4.69) is 10.3 Å². The molecule has 1 aromatic heterocycles. The smallest absolute Gasteiger partial charge is 0.212 e. The second kappa shape index (κ2) is 8.92. The zero-order valence-corrected chi connectivity index (χ0v) is 10.2. The molecule has 0 saturated heterocycles. The number of aliphatic hydroxyl groups is 1. The van der Waals surface area contributed by atoms with Gasteiger partial charge in [-0.2, -0.15) is 0 Å². The molecule has 1 rings (SSSR count). The quantitative estimate of drug-likeness (QED) is 0.618. The van der Waals surface area contributed by atoms with Crippen LogP contribution in [0.3, 0.4) is 0 Å². The maximum Gasteiger partial charge on any atom is 0.212 e. The molecule has 0 spiro atoms. The van der Waals surface area contributed by atoms with Gasteiger partial charge >= 0.3 is 0 Å². The standard InChI is InChI=1S/C12H20N2O3/c1-16-12-4-3-11(10-14-12)9-13-5-2-7-17-8-6-15/h3-4,10,13,15H,2,5-9H2,1H3. The predicted molar refractivity (Wildman–Crippen MR) is 65.0 cm³/mol. The minimum Gasteiger partial charge on any atom is -0.481 e. The molecule has 0 fully saturated rings. The average molecular weight is 240 g/mol. The number of nitrogens with zero attached hydrogens (tertiary/aromatic N) is 1. The first-order valence-electron chi connectivity index (χ1n) is 5.75. The summed E-state index contributed by atoms with van der Waals surface area (Å²) in [4.78, 5) is 4.12. The molecule has 5 nitrogen and oxygen atoms in total. The Morgan fingerprint density at radius 3 is 2.88 bits per heavy atom. The van der Waals surface area contributed by atoms with E-state index in [0.717, 1.165) is 25.1 Å². The summed E-state index contributed by atoms with van der Waals surface area (Å²) in [7, 11) is 1.60. The van der Waals surface area contributed by atoms with Crippen LogP contribution < -0.4 is 10.1 Å². The largest absolute Gasteiger partial charge is 0.481 e. The van der Waals surface area contributed by atoms with Crippen LogP contribution in [0.15, 0.2) is 18.3 Å². The van der Waals surface area contributed by atoms with Crippen LogP contribution in [0.1, 0.15) is 12.0 Å². The number of aromatic nitrogens is 1. The van der Waals surface area contributed by atoms with Crippen LogP contribution in [0.5, 0.6) is 5.88 Å². The first kappa shape index (κ1) is 13.9. The van der Waals surface area contributed by atoms with E-state index in [1.54, 1.807) is 13.3 Å². The average Bonchev–Trinajstić information content (AvgIpc) is 2.38. The van der Waals surface area contributed by atoms with E-state index in [-0.39, 0.29) is 6.61 Å². The summed E-state index contributed by atoms with van der Waals surface area (Å²) in [5.41, 5.74) is 1.13. The Morgan fingerprint density at radius 2 is 2.24 bits per heavy atom. The van der Waals surface area contributed by atoms with Crippen molar-refractivity contribution >= 4 is 0 Å². The van der Waals surface area contributed by atoms with Crippen molar-refractivity contribution in [2.24, 2.45) is 0 Å². The van der Waals surface area contributed by atoms with E-state index in [4.69, 9.17) is 14.6 Å². The van der Waals surface area contributed by atoms with Gasteiger partial charge in [0.25, 0.3) is 0 Å². The van der Waals surface area contributed by atoms with Gasteiger partial charge in [0.15, 0.2) is 0 Å². The van der Waals surface area contributed by atoms with E-state index in [1.165, 1.54) is 0 Å². The molecule has 2 N–H and O–H groups in total. The third-order valence-corrected chi connectivity index (χ3v) is 2.21. The minimum atomic E-state index is 0.0882. The molecule has 0 bridgehead atoms. The molecule has 0 aliphatic carbocycles. The molecule has 1 aromatic rings. The zero-order valence-electron chi connectivity index (χ0n) is 10.2. The summed E-state index contributed by atoms with van der Waals surface area (Å²) >= 11 is 0. The molecular formula is C12H20N2O3. The summed E-state index contributed by atoms with van der Waals surface area (Å²) in [5, 5.41) is 11.8. The van der Waals surface area contributed by atoms with Crippen LogP contribution in [0.4, 0.5) is 0 Å². The fourth-order valence-electron chi connectivity index (χ4n) is 1.33. The zero-order chi connectivity index (χ0) is 12.3. The Morgan fingerprint density at radius 1 is 1.35 bits per heavy atom. The summed E-state index contributed by atoms with van der Waals surface area (Å²) in [6.45, 7) is 2.86. The number of pyridine rings is 1. The fourth-order valence-corrected chi connectivity index (χ4v) is 1.33. The van der Waals surface area contributed by atoms with Gasteiger partial charge < -0.3 is 19.9 Å². The number of aliphatic hydroxyl groups excluding tert-OH is 1. The van der Waals surface area contributed by atoms with Gasteiger partial charge in [0.1, 0.15) is 0 Å². The van der Waals surface area contributed by atoms with Crippen molar-refractivity contribution in [3.8, 4) is 5.88 Å². The van der Waals surface area contributed by atoms with Gasteiger partial charge in [0.05, 0.1) is 20.3 Å². The van der Waals surface area contributed by atoms with Crippen LogP contribution in [-0.4, -0.2) is 43.6 Å². The van der Waals surface area contributed by atoms with E-state index in [9.17, 15) is 0 Å². The Balaban J connectivity index is 2.05. The number of methoxy groups -OCH3 is 1. The topological polar surface area (TPSA) is 63.6 Å².